The number of rotatable bonds is 10. The normalized spacial score (nSPS) is 11.8. The first kappa shape index (κ1) is 29.8. The third kappa shape index (κ3) is 6.53. The maximum absolute atomic E-state index is 13.0. The predicted molar refractivity (Wildman–Crippen MR) is 170 cm³/mol. The van der Waals surface area contributed by atoms with Crippen molar-refractivity contribution in [2.45, 2.75) is 72.8 Å². The number of carbonyl (C=O) groups excluding carboxylic acids is 1. The second-order valence-electron chi connectivity index (χ2n) is 11.3. The Bertz CT molecular complexity index is 1700. The summed E-state index contributed by atoms with van der Waals surface area (Å²) in [6.07, 6.45) is 1.57. The number of esters is 1. The van der Waals surface area contributed by atoms with E-state index in [1.54, 1.807) is 6.07 Å². The lowest BCUT2D eigenvalue weighted by Gasteiger charge is -2.20. The maximum Gasteiger partial charge on any atom is 0.339 e. The van der Waals surface area contributed by atoms with Gasteiger partial charge in [0.1, 0.15) is 11.4 Å². The fourth-order valence-corrected chi connectivity index (χ4v) is 5.69. The van der Waals surface area contributed by atoms with E-state index >= 15 is 0 Å². The van der Waals surface area contributed by atoms with Crippen molar-refractivity contribution in [1.29, 1.82) is 0 Å². The molecule has 0 bridgehead atoms. The van der Waals surface area contributed by atoms with Gasteiger partial charge in [-0.15, -0.1) is 0 Å². The lowest BCUT2D eigenvalue weighted by atomic mass is 9.98. The van der Waals surface area contributed by atoms with Gasteiger partial charge in [0, 0.05) is 34.9 Å². The number of halogens is 1. The van der Waals surface area contributed by atoms with Crippen molar-refractivity contribution in [2.75, 3.05) is 0 Å². The summed E-state index contributed by atoms with van der Waals surface area (Å²) in [6, 6.07) is 24.0. The zero-order valence-corrected chi connectivity index (χ0v) is 26.5. The molecular formula is C35H37BrN2O4. The number of aryl methyl sites for hydroxylation is 2. The Labute approximate surface area is 255 Å². The topological polar surface area (TPSA) is 66.5 Å². The Balaban J connectivity index is 1.46. The minimum atomic E-state index is -0.598. The zero-order chi connectivity index (χ0) is 29.9. The standard InChI is InChI=1S/C35H37BrN2O4/c1-6-30-29(31(38(7-2)37-30)22-40-21-23-13-9-8-10-14-23)20-24-17-18-26-28(19-24)33(36)41-32(26)25-15-11-12-16-27(25)34(39)42-35(3,4)5/h8-19H,6-7,20-22H2,1-5H3. The molecule has 3 aromatic carbocycles. The van der Waals surface area contributed by atoms with E-state index < -0.39 is 5.60 Å². The first-order chi connectivity index (χ1) is 20.2. The summed E-state index contributed by atoms with van der Waals surface area (Å²) in [5.41, 5.74) is 6.28. The zero-order valence-electron chi connectivity index (χ0n) is 24.9. The van der Waals surface area contributed by atoms with Crippen LogP contribution in [0.15, 0.2) is 81.9 Å². The van der Waals surface area contributed by atoms with Crippen LogP contribution in [0.5, 0.6) is 0 Å². The summed E-state index contributed by atoms with van der Waals surface area (Å²) in [6.45, 7) is 11.7. The number of aromatic nitrogens is 2. The number of nitrogens with zero attached hydrogens (tertiary/aromatic N) is 2. The summed E-state index contributed by atoms with van der Waals surface area (Å²) in [5, 5.41) is 6.78. The highest BCUT2D eigenvalue weighted by atomic mass is 79.9. The third-order valence-electron chi connectivity index (χ3n) is 7.14. The van der Waals surface area contributed by atoms with Gasteiger partial charge >= 0.3 is 5.97 Å². The van der Waals surface area contributed by atoms with E-state index in [-0.39, 0.29) is 5.97 Å². The van der Waals surface area contributed by atoms with Crippen LogP contribution < -0.4 is 0 Å². The molecule has 0 unspecified atom stereocenters. The number of fused-ring (bicyclic) bond motifs is 1. The lowest BCUT2D eigenvalue weighted by molar-refractivity contribution is 0.00702. The maximum atomic E-state index is 13.0. The Morgan fingerprint density at radius 1 is 0.929 bits per heavy atom. The largest absolute Gasteiger partial charge is 0.456 e. The molecule has 42 heavy (non-hydrogen) atoms. The van der Waals surface area contributed by atoms with Crippen molar-refractivity contribution in [3.63, 3.8) is 0 Å². The van der Waals surface area contributed by atoms with Crippen molar-refractivity contribution in [2.24, 2.45) is 0 Å². The van der Waals surface area contributed by atoms with E-state index in [2.05, 4.69) is 64.8 Å². The third-order valence-corrected chi connectivity index (χ3v) is 7.73. The van der Waals surface area contributed by atoms with Crippen LogP contribution in [0.1, 0.15) is 73.1 Å². The molecule has 0 atom stereocenters. The molecular weight excluding hydrogens is 592 g/mol. The SMILES string of the molecule is CCc1nn(CC)c(COCc2ccccc2)c1Cc1ccc2c(-c3ccccc3C(=O)OC(C)(C)C)oc(Br)c2c1. The first-order valence-corrected chi connectivity index (χ1v) is 15.2. The molecule has 2 aromatic heterocycles. The summed E-state index contributed by atoms with van der Waals surface area (Å²) >= 11 is 3.64. The number of hydrogen-bond acceptors (Lipinski definition) is 5. The van der Waals surface area contributed by atoms with E-state index in [4.69, 9.17) is 19.0 Å². The number of ether oxygens (including phenoxy) is 2. The van der Waals surface area contributed by atoms with E-state index in [0.717, 1.165) is 52.7 Å². The minimum Gasteiger partial charge on any atom is -0.456 e. The first-order valence-electron chi connectivity index (χ1n) is 14.4. The van der Waals surface area contributed by atoms with Crippen molar-refractivity contribution in [1.82, 2.24) is 9.78 Å². The molecule has 0 aliphatic carbocycles. The summed E-state index contributed by atoms with van der Waals surface area (Å²) < 4.78 is 20.8. The average molecular weight is 630 g/mol. The molecule has 7 heteroatoms. The van der Waals surface area contributed by atoms with Crippen molar-refractivity contribution >= 4 is 32.7 Å². The average Bonchev–Trinajstić information content (AvgIpc) is 3.49. The van der Waals surface area contributed by atoms with E-state index in [1.165, 1.54) is 5.56 Å². The fraction of sp³-hybridized carbons (Fsp3) is 0.314. The van der Waals surface area contributed by atoms with Gasteiger partial charge in [0.15, 0.2) is 4.67 Å². The van der Waals surface area contributed by atoms with Crippen LogP contribution in [0, 0.1) is 0 Å². The van der Waals surface area contributed by atoms with Gasteiger partial charge in [-0.1, -0.05) is 67.6 Å². The van der Waals surface area contributed by atoms with Crippen LogP contribution in [-0.4, -0.2) is 21.4 Å². The Morgan fingerprint density at radius 3 is 2.38 bits per heavy atom. The molecule has 0 spiro atoms. The molecule has 0 radical (unpaired) electrons. The van der Waals surface area contributed by atoms with Crippen molar-refractivity contribution < 1.29 is 18.7 Å². The van der Waals surface area contributed by atoms with Gasteiger partial charge in [0.05, 0.1) is 30.2 Å². The quantitative estimate of drug-likeness (QED) is 0.144. The van der Waals surface area contributed by atoms with Crippen LogP contribution in [0.2, 0.25) is 0 Å². The molecule has 218 valence electrons. The number of furan rings is 1. The van der Waals surface area contributed by atoms with E-state index in [1.807, 2.05) is 57.2 Å². The minimum absolute atomic E-state index is 0.377. The molecule has 0 saturated carbocycles. The molecule has 0 N–H and O–H groups in total. The van der Waals surface area contributed by atoms with Crippen molar-refractivity contribution in [3.05, 3.63) is 111 Å². The van der Waals surface area contributed by atoms with Crippen LogP contribution in [0.4, 0.5) is 0 Å². The van der Waals surface area contributed by atoms with Crippen LogP contribution >= 0.6 is 15.9 Å². The molecule has 2 heterocycles. The van der Waals surface area contributed by atoms with Gasteiger partial charge in [-0.05, 0) is 73.3 Å². The molecule has 0 aliphatic rings. The Morgan fingerprint density at radius 2 is 1.67 bits per heavy atom. The van der Waals surface area contributed by atoms with Gasteiger partial charge in [0.25, 0.3) is 0 Å². The van der Waals surface area contributed by atoms with Gasteiger partial charge in [-0.3, -0.25) is 4.68 Å². The van der Waals surface area contributed by atoms with Crippen molar-refractivity contribution in [3.8, 4) is 11.3 Å². The van der Waals surface area contributed by atoms with Gasteiger partial charge < -0.3 is 13.9 Å². The number of carbonyl (C=O) groups is 1. The van der Waals surface area contributed by atoms with E-state index in [0.29, 0.717) is 34.8 Å². The van der Waals surface area contributed by atoms with Gasteiger partial charge in [-0.25, -0.2) is 4.79 Å². The molecule has 0 amide bonds. The molecule has 0 saturated heterocycles. The molecule has 0 aliphatic heterocycles. The van der Waals surface area contributed by atoms with Gasteiger partial charge in [-0.2, -0.15) is 5.10 Å². The summed E-state index contributed by atoms with van der Waals surface area (Å²) in [7, 11) is 0. The lowest BCUT2D eigenvalue weighted by Crippen LogP contribution is -2.24. The summed E-state index contributed by atoms with van der Waals surface area (Å²) in [4.78, 5) is 13.0. The number of benzene rings is 3. The van der Waals surface area contributed by atoms with Crippen LogP contribution in [0.25, 0.3) is 22.1 Å². The molecule has 5 rings (SSSR count). The monoisotopic (exact) mass is 628 g/mol. The second kappa shape index (κ2) is 12.7. The second-order valence-corrected chi connectivity index (χ2v) is 12.0. The Hall–Kier alpha value is -3.68. The van der Waals surface area contributed by atoms with Crippen LogP contribution in [-0.2, 0) is 42.1 Å². The molecule has 5 aromatic rings. The van der Waals surface area contributed by atoms with Gasteiger partial charge in [0.2, 0.25) is 0 Å². The highest BCUT2D eigenvalue weighted by Gasteiger charge is 2.24. The molecule has 0 fully saturated rings. The summed E-state index contributed by atoms with van der Waals surface area (Å²) in [5.74, 6) is 0.255. The van der Waals surface area contributed by atoms with Crippen LogP contribution in [0.3, 0.4) is 0 Å². The fourth-order valence-electron chi connectivity index (χ4n) is 5.20. The smallest absolute Gasteiger partial charge is 0.339 e. The predicted octanol–water partition coefficient (Wildman–Crippen LogP) is 8.90. The Kier molecular flexibility index (Phi) is 8.99. The highest BCUT2D eigenvalue weighted by Crippen LogP contribution is 2.39. The highest BCUT2D eigenvalue weighted by molar-refractivity contribution is 9.10. The van der Waals surface area contributed by atoms with E-state index in [9.17, 15) is 4.79 Å². The number of hydrogen-bond donors (Lipinski definition) is 0. The molecule has 6 nitrogen and oxygen atoms in total.